The third-order valence-electron chi connectivity index (χ3n) is 5.55. The van der Waals surface area contributed by atoms with Crippen molar-refractivity contribution in [2.45, 2.75) is 13.0 Å². The molecular weight excluding hydrogens is 430 g/mol. The first-order valence-corrected chi connectivity index (χ1v) is 12.5. The highest BCUT2D eigenvalue weighted by atomic mass is 32.3. The van der Waals surface area contributed by atoms with E-state index < -0.39 is 10.6 Å². The van der Waals surface area contributed by atoms with Crippen LogP contribution in [0, 0.1) is 0 Å². The molecule has 1 saturated heterocycles. The smallest absolute Gasteiger partial charge is 0.253 e. The Kier molecular flexibility index (Phi) is 7.07. The lowest BCUT2D eigenvalue weighted by atomic mass is 10.1. The number of hydrogen-bond donors (Lipinski definition) is 4. The number of aromatic amines is 1. The molecule has 10 heteroatoms. The molecule has 0 atom stereocenters. The van der Waals surface area contributed by atoms with E-state index in [2.05, 4.69) is 25.2 Å². The Morgan fingerprint density at radius 2 is 1.97 bits per heavy atom. The van der Waals surface area contributed by atoms with Gasteiger partial charge in [0.25, 0.3) is 5.91 Å². The highest BCUT2D eigenvalue weighted by molar-refractivity contribution is 8.24. The Labute approximate surface area is 188 Å². The van der Waals surface area contributed by atoms with Crippen LogP contribution in [0.25, 0.3) is 22.6 Å². The van der Waals surface area contributed by atoms with Gasteiger partial charge >= 0.3 is 0 Å². The minimum absolute atomic E-state index is 0.169. The molecule has 32 heavy (non-hydrogen) atoms. The quantitative estimate of drug-likeness (QED) is 0.382. The second-order valence-corrected chi connectivity index (χ2v) is 10.3. The number of nitrogens with one attached hydrogen (secondary N) is 2. The van der Waals surface area contributed by atoms with Crippen LogP contribution in [-0.4, -0.2) is 79.7 Å². The van der Waals surface area contributed by atoms with Crippen LogP contribution in [0.4, 0.5) is 0 Å². The number of pyridine rings is 1. The summed E-state index contributed by atoms with van der Waals surface area (Å²) in [4.78, 5) is 26.9. The first kappa shape index (κ1) is 22.7. The minimum Gasteiger partial charge on any atom is -0.385 e. The van der Waals surface area contributed by atoms with E-state index in [9.17, 15) is 13.9 Å². The molecule has 0 spiro atoms. The summed E-state index contributed by atoms with van der Waals surface area (Å²) in [5.41, 5.74) is 3.69. The summed E-state index contributed by atoms with van der Waals surface area (Å²) in [7, 11) is -0.739. The van der Waals surface area contributed by atoms with E-state index in [4.69, 9.17) is 4.74 Å². The number of nitrogens with zero attached hydrogens (tertiary/aromatic N) is 3. The number of ether oxygens (including phenoxy) is 1. The molecule has 4 N–H and O–H groups in total. The molecule has 3 aromatic rings. The van der Waals surface area contributed by atoms with Crippen LogP contribution in [0.3, 0.4) is 0 Å². The molecule has 0 aliphatic carbocycles. The van der Waals surface area contributed by atoms with Gasteiger partial charge in [0.2, 0.25) is 0 Å². The fraction of sp³-hybridized carbons (Fsp3) is 0.409. The van der Waals surface area contributed by atoms with E-state index in [0.717, 1.165) is 24.1 Å². The van der Waals surface area contributed by atoms with E-state index in [1.54, 1.807) is 19.4 Å². The second kappa shape index (κ2) is 9.97. The molecule has 2 aromatic heterocycles. The van der Waals surface area contributed by atoms with Crippen LogP contribution in [0.2, 0.25) is 0 Å². The van der Waals surface area contributed by atoms with Crippen LogP contribution in [-0.2, 0) is 11.3 Å². The maximum absolute atomic E-state index is 12.6. The van der Waals surface area contributed by atoms with Crippen molar-refractivity contribution >= 4 is 27.7 Å². The molecule has 0 unspecified atom stereocenters. The molecule has 0 bridgehead atoms. The molecule has 1 aliphatic rings. The number of carbonyl (C=O) groups is 1. The minimum atomic E-state index is -2.38. The first-order valence-electron chi connectivity index (χ1n) is 10.6. The topological polar surface area (TPSA) is 124 Å². The van der Waals surface area contributed by atoms with Gasteiger partial charge in [-0.15, -0.1) is 0 Å². The van der Waals surface area contributed by atoms with Gasteiger partial charge in [0.15, 0.2) is 5.65 Å². The van der Waals surface area contributed by atoms with Crippen molar-refractivity contribution in [2.24, 2.45) is 0 Å². The van der Waals surface area contributed by atoms with Crippen LogP contribution >= 0.6 is 10.6 Å². The summed E-state index contributed by atoms with van der Waals surface area (Å²) in [6.07, 6.45) is 2.34. The summed E-state index contributed by atoms with van der Waals surface area (Å²) in [5, 5.41) is 2.90. The van der Waals surface area contributed by atoms with Gasteiger partial charge in [-0.25, -0.2) is 9.97 Å². The van der Waals surface area contributed by atoms with Gasteiger partial charge in [0, 0.05) is 51.7 Å². The van der Waals surface area contributed by atoms with Gasteiger partial charge in [-0.3, -0.25) is 18.8 Å². The highest BCUT2D eigenvalue weighted by Crippen LogP contribution is 2.40. The number of carbonyl (C=O) groups excluding carboxylic acids is 1. The predicted molar refractivity (Wildman–Crippen MR) is 126 cm³/mol. The van der Waals surface area contributed by atoms with Crippen LogP contribution in [0.5, 0.6) is 0 Å². The lowest BCUT2D eigenvalue weighted by molar-refractivity contribution is 0.0950. The van der Waals surface area contributed by atoms with Crippen molar-refractivity contribution in [1.29, 1.82) is 0 Å². The largest absolute Gasteiger partial charge is 0.385 e. The SMILES string of the molecule is COCCCNC(=O)c1ccnc2nc(-c3ccc(CN4CCS(O)(O)CC4)cc3)[nH]c12. The lowest BCUT2D eigenvalue weighted by Crippen LogP contribution is -2.37. The van der Waals surface area contributed by atoms with Crippen LogP contribution < -0.4 is 5.32 Å². The zero-order chi connectivity index (χ0) is 22.6. The third-order valence-corrected chi connectivity index (χ3v) is 7.22. The van der Waals surface area contributed by atoms with Crippen LogP contribution in [0.1, 0.15) is 22.3 Å². The summed E-state index contributed by atoms with van der Waals surface area (Å²) in [6, 6.07) is 9.77. The van der Waals surface area contributed by atoms with Crippen molar-refractivity contribution in [2.75, 3.05) is 44.9 Å². The van der Waals surface area contributed by atoms with Crippen molar-refractivity contribution < 1.29 is 18.6 Å². The van der Waals surface area contributed by atoms with Crippen molar-refractivity contribution in [3.8, 4) is 11.4 Å². The zero-order valence-electron chi connectivity index (χ0n) is 18.1. The fourth-order valence-electron chi connectivity index (χ4n) is 3.70. The fourth-order valence-corrected chi connectivity index (χ4v) is 5.00. The number of imidazole rings is 1. The Balaban J connectivity index is 1.45. The normalized spacial score (nSPS) is 17.3. The molecule has 1 aromatic carbocycles. The average Bonchev–Trinajstić information content (AvgIpc) is 3.23. The maximum Gasteiger partial charge on any atom is 0.253 e. The number of methoxy groups -OCH3 is 1. The molecule has 3 heterocycles. The molecule has 0 radical (unpaired) electrons. The van der Waals surface area contributed by atoms with Crippen LogP contribution in [0.15, 0.2) is 36.5 Å². The number of amides is 1. The molecule has 172 valence electrons. The van der Waals surface area contributed by atoms with E-state index in [1.165, 1.54) is 0 Å². The van der Waals surface area contributed by atoms with Gasteiger partial charge in [0.05, 0.1) is 22.6 Å². The van der Waals surface area contributed by atoms with Gasteiger partial charge in [0.1, 0.15) is 5.82 Å². The first-order chi connectivity index (χ1) is 15.4. The van der Waals surface area contributed by atoms with Gasteiger partial charge in [-0.2, -0.15) is 10.6 Å². The molecule has 0 saturated carbocycles. The molecular formula is C22H29N5O4S. The van der Waals surface area contributed by atoms with Gasteiger partial charge in [-0.05, 0) is 18.1 Å². The summed E-state index contributed by atoms with van der Waals surface area (Å²) < 4.78 is 24.5. The van der Waals surface area contributed by atoms with E-state index in [-0.39, 0.29) is 5.91 Å². The summed E-state index contributed by atoms with van der Waals surface area (Å²) in [5.74, 6) is 1.38. The number of fused-ring (bicyclic) bond motifs is 1. The monoisotopic (exact) mass is 459 g/mol. The zero-order valence-corrected chi connectivity index (χ0v) is 18.9. The van der Waals surface area contributed by atoms with E-state index >= 15 is 0 Å². The van der Waals surface area contributed by atoms with E-state index in [1.807, 2.05) is 24.3 Å². The standard InChI is InChI=1S/C22H29N5O4S/c1-31-12-2-8-24-22(28)18-7-9-23-21-19(18)25-20(26-21)17-5-3-16(4-6-17)15-27-10-13-32(29,30)14-11-27/h3-7,9,29-30H,2,8,10-15H2,1H3,(H,24,28)(H,23,25,26). The number of aromatic nitrogens is 3. The maximum atomic E-state index is 12.6. The van der Waals surface area contributed by atoms with Crippen molar-refractivity contribution in [1.82, 2.24) is 25.2 Å². The summed E-state index contributed by atoms with van der Waals surface area (Å²) in [6.45, 7) is 3.28. The Hall–Kier alpha value is -2.50. The van der Waals surface area contributed by atoms with Crippen molar-refractivity contribution in [3.05, 3.63) is 47.7 Å². The predicted octanol–water partition coefficient (Wildman–Crippen LogP) is 2.96. The Morgan fingerprint density at radius 1 is 1.22 bits per heavy atom. The number of benzene rings is 1. The third kappa shape index (κ3) is 5.45. The summed E-state index contributed by atoms with van der Waals surface area (Å²) >= 11 is 0. The van der Waals surface area contributed by atoms with E-state index in [0.29, 0.717) is 60.3 Å². The molecule has 4 rings (SSSR count). The number of H-pyrrole nitrogens is 1. The number of rotatable bonds is 8. The van der Waals surface area contributed by atoms with Gasteiger partial charge < -0.3 is 15.0 Å². The molecule has 9 nitrogen and oxygen atoms in total. The highest BCUT2D eigenvalue weighted by Gasteiger charge is 2.22. The Morgan fingerprint density at radius 3 is 2.69 bits per heavy atom. The average molecular weight is 460 g/mol. The second-order valence-electron chi connectivity index (χ2n) is 7.93. The van der Waals surface area contributed by atoms with Gasteiger partial charge in [-0.1, -0.05) is 24.3 Å². The number of hydrogen-bond acceptors (Lipinski definition) is 7. The lowest BCUT2D eigenvalue weighted by Gasteiger charge is -2.41. The molecule has 1 fully saturated rings. The molecule has 1 amide bonds. The molecule has 1 aliphatic heterocycles. The Bertz CT molecular complexity index is 1060. The van der Waals surface area contributed by atoms with Crippen molar-refractivity contribution in [3.63, 3.8) is 0 Å².